The molecule has 0 bridgehead atoms. The highest BCUT2D eigenvalue weighted by Gasteiger charge is 2.41. The molecule has 110 valence electrons. The molecular weight excluding hydrogens is 267 g/mol. The van der Waals surface area contributed by atoms with E-state index in [0.717, 1.165) is 11.8 Å². The van der Waals surface area contributed by atoms with E-state index in [0.29, 0.717) is 12.5 Å². The Balaban J connectivity index is 2.02. The van der Waals surface area contributed by atoms with Gasteiger partial charge in [-0.3, -0.25) is 4.79 Å². The second-order valence-electron chi connectivity index (χ2n) is 5.71. The third-order valence-corrected chi connectivity index (χ3v) is 4.24. The lowest BCUT2D eigenvalue weighted by Gasteiger charge is -2.35. The second kappa shape index (κ2) is 5.57. The van der Waals surface area contributed by atoms with Crippen LogP contribution < -0.4 is 0 Å². The normalized spacial score (nSPS) is 28.3. The molecule has 0 spiro atoms. The fourth-order valence-corrected chi connectivity index (χ4v) is 2.96. The van der Waals surface area contributed by atoms with Crippen molar-refractivity contribution in [1.29, 1.82) is 0 Å². The van der Waals surface area contributed by atoms with Crippen molar-refractivity contribution < 1.29 is 13.9 Å². The van der Waals surface area contributed by atoms with Crippen LogP contribution in [-0.2, 0) is 9.53 Å². The molecule has 1 saturated carbocycles. The average molecular weight is 286 g/mol. The molecule has 21 heavy (non-hydrogen) atoms. The largest absolute Gasteiger partial charge is 0.363 e. The molecule has 0 heterocycles. The molecule has 0 amide bonds. The Morgan fingerprint density at radius 1 is 1.33 bits per heavy atom. The number of carbonyl (C=O) groups excluding carboxylic acids is 1. The highest BCUT2D eigenvalue weighted by molar-refractivity contribution is 5.71. The Labute approximate surface area is 124 Å². The Bertz CT molecular complexity index is 584. The monoisotopic (exact) mass is 286 g/mol. The van der Waals surface area contributed by atoms with E-state index in [9.17, 15) is 9.18 Å². The lowest BCUT2D eigenvalue weighted by atomic mass is 9.77. The number of hydrogen-bond acceptors (Lipinski definition) is 2. The van der Waals surface area contributed by atoms with E-state index in [1.807, 2.05) is 19.1 Å². The summed E-state index contributed by atoms with van der Waals surface area (Å²) in [6.45, 7) is 2.33. The quantitative estimate of drug-likeness (QED) is 0.770. The number of allylic oxidation sites excluding steroid dienone is 2. The molecule has 0 N–H and O–H groups in total. The highest BCUT2D eigenvalue weighted by atomic mass is 19.1. The molecule has 3 rings (SSSR count). The summed E-state index contributed by atoms with van der Waals surface area (Å²) in [5.74, 6) is 0.135. The molecule has 3 heteroatoms. The Kier molecular flexibility index (Phi) is 3.77. The molecule has 2 nitrogen and oxygen atoms in total. The molecule has 0 saturated heterocycles. The van der Waals surface area contributed by atoms with Crippen LogP contribution in [0.4, 0.5) is 4.39 Å². The van der Waals surface area contributed by atoms with E-state index in [-0.39, 0.29) is 11.7 Å². The lowest BCUT2D eigenvalue weighted by molar-refractivity contribution is -0.126. The van der Waals surface area contributed by atoms with Crippen LogP contribution in [0.1, 0.15) is 31.2 Å². The third-order valence-electron chi connectivity index (χ3n) is 4.24. The summed E-state index contributed by atoms with van der Waals surface area (Å²) in [7, 11) is 0. The van der Waals surface area contributed by atoms with Crippen LogP contribution in [0.25, 0.3) is 0 Å². The minimum Gasteiger partial charge on any atom is -0.363 e. The molecule has 1 aromatic carbocycles. The van der Waals surface area contributed by atoms with Gasteiger partial charge in [0.25, 0.3) is 0 Å². The van der Waals surface area contributed by atoms with Crippen molar-refractivity contribution in [2.24, 2.45) is 5.92 Å². The summed E-state index contributed by atoms with van der Waals surface area (Å²) < 4.78 is 18.9. The standard InChI is InChI=1S/C18H19FO2/c1-2-21-18(12-20)10-9-15(13-3-4-13)11-17(18)14-5-7-16(19)8-6-14/h5-13,17H,2-4H2,1H3. The maximum absolute atomic E-state index is 13.2. The minimum atomic E-state index is -0.981. The average Bonchev–Trinajstić information content (AvgIpc) is 3.33. The van der Waals surface area contributed by atoms with Crippen molar-refractivity contribution in [3.63, 3.8) is 0 Å². The smallest absolute Gasteiger partial charge is 0.156 e. The summed E-state index contributed by atoms with van der Waals surface area (Å²) in [6, 6.07) is 6.33. The molecule has 0 aliphatic heterocycles. The summed E-state index contributed by atoms with van der Waals surface area (Å²) in [4.78, 5) is 11.7. The molecule has 2 aliphatic rings. The van der Waals surface area contributed by atoms with E-state index < -0.39 is 5.60 Å². The third kappa shape index (κ3) is 2.70. The zero-order chi connectivity index (χ0) is 14.9. The maximum atomic E-state index is 13.2. The molecule has 0 radical (unpaired) electrons. The van der Waals surface area contributed by atoms with E-state index in [4.69, 9.17) is 4.74 Å². The predicted molar refractivity (Wildman–Crippen MR) is 79.5 cm³/mol. The minimum absolute atomic E-state index is 0.198. The van der Waals surface area contributed by atoms with Crippen molar-refractivity contribution in [2.45, 2.75) is 31.3 Å². The second-order valence-corrected chi connectivity index (χ2v) is 5.71. The van der Waals surface area contributed by atoms with Crippen molar-refractivity contribution in [3.8, 4) is 0 Å². The summed E-state index contributed by atoms with van der Waals surface area (Å²) in [6.07, 6.45) is 9.27. The lowest BCUT2D eigenvalue weighted by Crippen LogP contribution is -2.40. The first-order valence-corrected chi connectivity index (χ1v) is 7.45. The fourth-order valence-electron chi connectivity index (χ4n) is 2.96. The van der Waals surface area contributed by atoms with Gasteiger partial charge in [0.05, 0.1) is 0 Å². The topological polar surface area (TPSA) is 26.3 Å². The first-order chi connectivity index (χ1) is 10.2. The Hall–Kier alpha value is -1.74. The van der Waals surface area contributed by atoms with Gasteiger partial charge < -0.3 is 4.74 Å². The predicted octanol–water partition coefficient (Wildman–Crippen LogP) is 3.79. The van der Waals surface area contributed by atoms with Crippen LogP contribution in [-0.4, -0.2) is 18.5 Å². The maximum Gasteiger partial charge on any atom is 0.156 e. The Morgan fingerprint density at radius 3 is 2.62 bits per heavy atom. The van der Waals surface area contributed by atoms with Gasteiger partial charge in [-0.25, -0.2) is 4.39 Å². The number of carbonyl (C=O) groups is 1. The van der Waals surface area contributed by atoms with Gasteiger partial charge in [0.2, 0.25) is 0 Å². The van der Waals surface area contributed by atoms with E-state index >= 15 is 0 Å². The molecule has 1 aromatic rings. The summed E-state index contributed by atoms with van der Waals surface area (Å²) in [5.41, 5.74) is 1.19. The van der Waals surface area contributed by atoms with Crippen LogP contribution in [0.15, 0.2) is 48.1 Å². The van der Waals surface area contributed by atoms with Crippen molar-refractivity contribution in [1.82, 2.24) is 0 Å². The van der Waals surface area contributed by atoms with Gasteiger partial charge >= 0.3 is 0 Å². The van der Waals surface area contributed by atoms with E-state index in [1.54, 1.807) is 12.1 Å². The van der Waals surface area contributed by atoms with Crippen LogP contribution in [0.2, 0.25) is 0 Å². The van der Waals surface area contributed by atoms with Crippen molar-refractivity contribution in [2.75, 3.05) is 6.61 Å². The Morgan fingerprint density at radius 2 is 2.05 bits per heavy atom. The number of rotatable bonds is 5. The van der Waals surface area contributed by atoms with Gasteiger partial charge in [0, 0.05) is 12.5 Å². The molecular formula is C18H19FO2. The van der Waals surface area contributed by atoms with Gasteiger partial charge in [0.1, 0.15) is 5.82 Å². The van der Waals surface area contributed by atoms with Gasteiger partial charge in [-0.05, 0) is 55.0 Å². The molecule has 1 fully saturated rings. The SMILES string of the molecule is CCOC1(C=O)C=CC(C2CC2)=CC1c1ccc(F)cc1. The van der Waals surface area contributed by atoms with Gasteiger partial charge in [0.15, 0.2) is 11.9 Å². The van der Waals surface area contributed by atoms with Crippen LogP contribution in [0.5, 0.6) is 0 Å². The van der Waals surface area contributed by atoms with E-state index in [2.05, 4.69) is 6.08 Å². The molecule has 0 aromatic heterocycles. The van der Waals surface area contributed by atoms with Gasteiger partial charge in [-0.2, -0.15) is 0 Å². The van der Waals surface area contributed by atoms with Gasteiger partial charge in [-0.1, -0.05) is 24.3 Å². The zero-order valence-electron chi connectivity index (χ0n) is 12.1. The van der Waals surface area contributed by atoms with Crippen molar-refractivity contribution >= 4 is 6.29 Å². The number of halogens is 1. The van der Waals surface area contributed by atoms with Crippen LogP contribution in [0.3, 0.4) is 0 Å². The number of aldehydes is 1. The van der Waals surface area contributed by atoms with Crippen molar-refractivity contribution in [3.05, 3.63) is 59.4 Å². The number of benzene rings is 1. The van der Waals surface area contributed by atoms with Gasteiger partial charge in [-0.15, -0.1) is 0 Å². The molecule has 2 unspecified atom stereocenters. The molecule has 2 aliphatic carbocycles. The zero-order valence-corrected chi connectivity index (χ0v) is 12.1. The summed E-state index contributed by atoms with van der Waals surface area (Å²) >= 11 is 0. The first kappa shape index (κ1) is 14.2. The number of ether oxygens (including phenoxy) is 1. The highest BCUT2D eigenvalue weighted by Crippen LogP contribution is 2.44. The number of hydrogen-bond donors (Lipinski definition) is 0. The molecule has 2 atom stereocenters. The van der Waals surface area contributed by atoms with Crippen LogP contribution in [0, 0.1) is 11.7 Å². The van der Waals surface area contributed by atoms with E-state index in [1.165, 1.54) is 30.5 Å². The van der Waals surface area contributed by atoms with Crippen LogP contribution >= 0.6 is 0 Å². The fraction of sp³-hybridized carbons (Fsp3) is 0.389. The first-order valence-electron chi connectivity index (χ1n) is 7.45. The summed E-state index contributed by atoms with van der Waals surface area (Å²) in [5, 5.41) is 0.